The van der Waals surface area contributed by atoms with Crippen LogP contribution in [0.2, 0.25) is 0 Å². The summed E-state index contributed by atoms with van der Waals surface area (Å²) in [7, 11) is -3.69. The van der Waals surface area contributed by atoms with Crippen molar-refractivity contribution in [2.45, 2.75) is 37.1 Å². The standard InChI is InChI=1S/C25H22BrN5O5S3/c1-16-4-2-3-13-29(16)39(35,36)20-9-5-17(6-10-20)24(32)30(27-15-19-8-12-23(37-19)31(33)34)25-28-21-11-7-18(26)14-22(21)38-25/h5-12,14-16H,2-4,13H2,1H3/b27-15+. The number of sulfonamides is 1. The number of hydrogen-bond donors (Lipinski definition) is 0. The summed E-state index contributed by atoms with van der Waals surface area (Å²) in [6.07, 6.45) is 4.00. The molecule has 1 fully saturated rings. The van der Waals surface area contributed by atoms with Gasteiger partial charge in [0, 0.05) is 28.7 Å². The summed E-state index contributed by atoms with van der Waals surface area (Å²) in [6, 6.07) is 14.2. The van der Waals surface area contributed by atoms with Gasteiger partial charge in [-0.15, -0.1) is 0 Å². The molecule has 4 aromatic rings. The predicted molar refractivity (Wildman–Crippen MR) is 156 cm³/mol. The Morgan fingerprint density at radius 1 is 1.18 bits per heavy atom. The van der Waals surface area contributed by atoms with Gasteiger partial charge < -0.3 is 0 Å². The van der Waals surface area contributed by atoms with Crippen LogP contribution < -0.4 is 5.01 Å². The van der Waals surface area contributed by atoms with Crippen LogP contribution in [0.25, 0.3) is 10.2 Å². The van der Waals surface area contributed by atoms with E-state index in [1.807, 2.05) is 25.1 Å². The zero-order valence-corrected chi connectivity index (χ0v) is 24.6. The number of benzene rings is 2. The second kappa shape index (κ2) is 11.2. The fourth-order valence-electron chi connectivity index (χ4n) is 4.25. The molecule has 2 aromatic heterocycles. The van der Waals surface area contributed by atoms with Gasteiger partial charge >= 0.3 is 5.00 Å². The summed E-state index contributed by atoms with van der Waals surface area (Å²) in [5.41, 5.74) is 0.894. The highest BCUT2D eigenvalue weighted by Gasteiger charge is 2.31. The van der Waals surface area contributed by atoms with Crippen molar-refractivity contribution in [3.8, 4) is 0 Å². The van der Waals surface area contributed by atoms with E-state index < -0.39 is 20.9 Å². The molecule has 39 heavy (non-hydrogen) atoms. The minimum atomic E-state index is -3.69. The summed E-state index contributed by atoms with van der Waals surface area (Å²) in [6.45, 7) is 2.38. The van der Waals surface area contributed by atoms with Crippen molar-refractivity contribution in [3.05, 3.63) is 79.6 Å². The smallest absolute Gasteiger partial charge is 0.267 e. The van der Waals surface area contributed by atoms with Crippen molar-refractivity contribution >= 4 is 81.1 Å². The molecule has 1 unspecified atom stereocenters. The number of thiazole rings is 1. The molecule has 1 saturated heterocycles. The summed E-state index contributed by atoms with van der Waals surface area (Å²) in [5, 5.41) is 16.8. The SMILES string of the molecule is CC1CCCCN1S(=O)(=O)c1ccc(C(=O)N(/N=C/c2ccc([N+](=O)[O-])s2)c2nc3ccc(Br)cc3s2)cc1. The third-order valence-corrected chi connectivity index (χ3v) is 10.7. The van der Waals surface area contributed by atoms with Gasteiger partial charge in [-0.2, -0.15) is 14.4 Å². The predicted octanol–water partition coefficient (Wildman–Crippen LogP) is 6.27. The van der Waals surface area contributed by atoms with Gasteiger partial charge in [-0.25, -0.2) is 13.4 Å². The number of hydrazone groups is 1. The molecule has 1 aliphatic heterocycles. The number of nitro groups is 1. The molecule has 14 heteroatoms. The van der Waals surface area contributed by atoms with Crippen LogP contribution in [0.4, 0.5) is 10.1 Å². The van der Waals surface area contributed by atoms with Crippen molar-refractivity contribution in [1.82, 2.24) is 9.29 Å². The van der Waals surface area contributed by atoms with E-state index in [1.165, 1.54) is 52.2 Å². The lowest BCUT2D eigenvalue weighted by Crippen LogP contribution is -2.41. The van der Waals surface area contributed by atoms with E-state index in [4.69, 9.17) is 0 Å². The maximum absolute atomic E-state index is 13.6. The van der Waals surface area contributed by atoms with Crippen molar-refractivity contribution in [2.75, 3.05) is 11.6 Å². The van der Waals surface area contributed by atoms with Gasteiger partial charge in [-0.05, 0) is 68.3 Å². The zero-order valence-electron chi connectivity index (χ0n) is 20.6. The number of rotatable bonds is 7. The van der Waals surface area contributed by atoms with E-state index in [1.54, 1.807) is 6.07 Å². The Morgan fingerprint density at radius 2 is 1.95 bits per heavy atom. The summed E-state index contributed by atoms with van der Waals surface area (Å²) >= 11 is 5.62. The Morgan fingerprint density at radius 3 is 2.64 bits per heavy atom. The van der Waals surface area contributed by atoms with Crippen molar-refractivity contribution < 1.29 is 18.1 Å². The van der Waals surface area contributed by atoms with Crippen LogP contribution >= 0.6 is 38.6 Å². The lowest BCUT2D eigenvalue weighted by Gasteiger charge is -2.32. The van der Waals surface area contributed by atoms with Gasteiger partial charge in [0.1, 0.15) is 0 Å². The number of carbonyl (C=O) groups is 1. The molecule has 1 atom stereocenters. The van der Waals surface area contributed by atoms with Crippen LogP contribution in [0.1, 0.15) is 41.4 Å². The second-order valence-corrected chi connectivity index (χ2v) is 13.8. The van der Waals surface area contributed by atoms with Crippen LogP contribution in [0.5, 0.6) is 0 Å². The Hall–Kier alpha value is -3.04. The molecule has 0 saturated carbocycles. The molecule has 0 aliphatic carbocycles. The number of halogens is 1. The second-order valence-electron chi connectivity index (χ2n) is 8.89. The van der Waals surface area contributed by atoms with E-state index in [0.717, 1.165) is 44.8 Å². The monoisotopic (exact) mass is 647 g/mol. The molecule has 5 rings (SSSR count). The lowest BCUT2D eigenvalue weighted by molar-refractivity contribution is -0.380. The number of anilines is 1. The van der Waals surface area contributed by atoms with Gasteiger partial charge in [0.2, 0.25) is 15.2 Å². The topological polar surface area (TPSA) is 126 Å². The zero-order chi connectivity index (χ0) is 27.7. The normalized spacial score (nSPS) is 16.6. The third-order valence-electron chi connectivity index (χ3n) is 6.26. The average Bonchev–Trinajstić information content (AvgIpc) is 3.56. The molecule has 0 spiro atoms. The largest absolute Gasteiger partial charge is 0.324 e. The number of amides is 1. The van der Waals surface area contributed by atoms with Crippen molar-refractivity contribution in [1.29, 1.82) is 0 Å². The lowest BCUT2D eigenvalue weighted by atomic mass is 10.1. The Bertz CT molecular complexity index is 1680. The number of hydrogen-bond acceptors (Lipinski definition) is 9. The van der Waals surface area contributed by atoms with Gasteiger partial charge in [0.15, 0.2) is 0 Å². The molecule has 0 radical (unpaired) electrons. The fraction of sp³-hybridized carbons (Fsp3) is 0.240. The molecule has 202 valence electrons. The first-order chi connectivity index (χ1) is 18.6. The highest BCUT2D eigenvalue weighted by atomic mass is 79.9. The molecular weight excluding hydrogens is 626 g/mol. The van der Waals surface area contributed by atoms with Gasteiger partial charge in [-0.3, -0.25) is 14.9 Å². The van der Waals surface area contributed by atoms with Crippen LogP contribution in [0.3, 0.4) is 0 Å². The number of fused-ring (bicyclic) bond motifs is 1. The quantitative estimate of drug-likeness (QED) is 0.132. The molecule has 3 heterocycles. The number of carbonyl (C=O) groups excluding carboxylic acids is 1. The molecule has 0 bridgehead atoms. The molecule has 2 aromatic carbocycles. The van der Waals surface area contributed by atoms with E-state index in [-0.39, 0.29) is 21.5 Å². The fourth-order valence-corrected chi connectivity index (χ4v) is 8.11. The number of nitrogens with zero attached hydrogens (tertiary/aromatic N) is 5. The first kappa shape index (κ1) is 27.5. The molecule has 10 nitrogen and oxygen atoms in total. The maximum atomic E-state index is 13.6. The maximum Gasteiger partial charge on any atom is 0.324 e. The number of piperidine rings is 1. The first-order valence-electron chi connectivity index (χ1n) is 11.9. The minimum absolute atomic E-state index is 0.0426. The number of thiophene rings is 1. The van der Waals surface area contributed by atoms with Crippen LogP contribution in [-0.4, -0.2) is 47.3 Å². The summed E-state index contributed by atoms with van der Waals surface area (Å²) < 4.78 is 29.6. The van der Waals surface area contributed by atoms with Crippen LogP contribution in [0, 0.1) is 10.1 Å². The van der Waals surface area contributed by atoms with Gasteiger partial charge in [-0.1, -0.05) is 45.0 Å². The Kier molecular flexibility index (Phi) is 7.91. The highest BCUT2D eigenvalue weighted by molar-refractivity contribution is 9.10. The van der Waals surface area contributed by atoms with E-state index in [2.05, 4.69) is 26.0 Å². The van der Waals surface area contributed by atoms with E-state index in [9.17, 15) is 23.3 Å². The van der Waals surface area contributed by atoms with E-state index >= 15 is 0 Å². The third kappa shape index (κ3) is 5.79. The molecule has 1 aliphatic rings. The van der Waals surface area contributed by atoms with Crippen molar-refractivity contribution in [3.63, 3.8) is 0 Å². The van der Waals surface area contributed by atoms with Crippen molar-refractivity contribution in [2.24, 2.45) is 5.10 Å². The molecule has 1 amide bonds. The van der Waals surface area contributed by atoms with Gasteiger partial charge in [0.05, 0.1) is 31.1 Å². The van der Waals surface area contributed by atoms with E-state index in [0.29, 0.717) is 22.1 Å². The molecular formula is C25H22BrN5O5S3. The Labute approximate surface area is 240 Å². The first-order valence-corrected chi connectivity index (χ1v) is 15.8. The van der Waals surface area contributed by atoms with Gasteiger partial charge in [0.25, 0.3) is 5.91 Å². The summed E-state index contributed by atoms with van der Waals surface area (Å²) in [4.78, 5) is 29.4. The number of aromatic nitrogens is 1. The Balaban J connectivity index is 1.48. The van der Waals surface area contributed by atoms with Crippen LogP contribution in [-0.2, 0) is 10.0 Å². The average molecular weight is 649 g/mol. The van der Waals surface area contributed by atoms with Crippen LogP contribution in [0.15, 0.2) is 69.1 Å². The molecule has 0 N–H and O–H groups in total. The summed E-state index contributed by atoms with van der Waals surface area (Å²) in [5.74, 6) is -0.522. The highest BCUT2D eigenvalue weighted by Crippen LogP contribution is 2.33. The minimum Gasteiger partial charge on any atom is -0.267 e.